The van der Waals surface area contributed by atoms with Crippen molar-refractivity contribution in [2.75, 3.05) is 0 Å². The number of hydrogen-bond acceptors (Lipinski definition) is 2. The van der Waals surface area contributed by atoms with Gasteiger partial charge in [-0.25, -0.2) is 4.98 Å². The number of benzene rings is 1. The second-order valence-corrected chi connectivity index (χ2v) is 3.87. The maximum atomic E-state index is 5.67. The summed E-state index contributed by atoms with van der Waals surface area (Å²) in [5, 5.41) is 0. The van der Waals surface area contributed by atoms with Crippen LogP contribution in [0.4, 0.5) is 0 Å². The minimum atomic E-state index is 0.568. The molecule has 1 fully saturated rings. The summed E-state index contributed by atoms with van der Waals surface area (Å²) in [6, 6.07) is 6.92. The second kappa shape index (κ2) is 2.82. The lowest BCUT2D eigenvalue weighted by Crippen LogP contribution is -1.97. The first-order valence-electron chi connectivity index (χ1n) is 5.04. The molecular weight excluding hydrogens is 174 g/mol. The lowest BCUT2D eigenvalue weighted by molar-refractivity contribution is 0.766. The lowest BCUT2D eigenvalue weighted by atomic mass is 10.2. The average molecular weight is 187 g/mol. The van der Waals surface area contributed by atoms with Gasteiger partial charge in [-0.3, -0.25) is 0 Å². The van der Waals surface area contributed by atoms with Gasteiger partial charge in [0.25, 0.3) is 0 Å². The molecule has 0 aliphatic heterocycles. The first-order valence-corrected chi connectivity index (χ1v) is 5.04. The number of nitrogens with zero attached hydrogens (tertiary/aromatic N) is 2. The highest BCUT2D eigenvalue weighted by atomic mass is 15.1. The smallest absolute Gasteiger partial charge is 0.0961 e. The third-order valence-corrected chi connectivity index (χ3v) is 2.85. The molecule has 1 aliphatic rings. The third-order valence-electron chi connectivity index (χ3n) is 2.85. The Bertz CT molecular complexity index is 468. The molecule has 14 heavy (non-hydrogen) atoms. The van der Waals surface area contributed by atoms with Gasteiger partial charge in [0.1, 0.15) is 0 Å². The highest BCUT2D eigenvalue weighted by Gasteiger charge is 2.24. The largest absolute Gasteiger partial charge is 0.327 e. The van der Waals surface area contributed by atoms with Crippen LogP contribution in [0.25, 0.3) is 11.0 Å². The number of aromatic nitrogens is 2. The number of rotatable bonds is 2. The fourth-order valence-corrected chi connectivity index (χ4v) is 1.93. The zero-order valence-corrected chi connectivity index (χ0v) is 7.98. The Balaban J connectivity index is 2.25. The summed E-state index contributed by atoms with van der Waals surface area (Å²) in [7, 11) is 0. The van der Waals surface area contributed by atoms with Crippen molar-refractivity contribution in [1.82, 2.24) is 9.55 Å². The Morgan fingerprint density at radius 3 is 3.00 bits per heavy atom. The molecule has 3 rings (SSSR count). The van der Waals surface area contributed by atoms with Gasteiger partial charge < -0.3 is 10.3 Å². The van der Waals surface area contributed by atoms with Gasteiger partial charge in [-0.05, 0) is 24.5 Å². The van der Waals surface area contributed by atoms with Crippen LogP contribution >= 0.6 is 0 Å². The molecule has 1 aromatic carbocycles. The Morgan fingerprint density at radius 1 is 1.43 bits per heavy atom. The summed E-state index contributed by atoms with van der Waals surface area (Å²) < 4.78 is 2.27. The molecule has 2 aromatic rings. The second-order valence-electron chi connectivity index (χ2n) is 3.87. The van der Waals surface area contributed by atoms with Crippen LogP contribution in [0.5, 0.6) is 0 Å². The van der Waals surface area contributed by atoms with Crippen molar-refractivity contribution in [2.45, 2.75) is 25.4 Å². The van der Waals surface area contributed by atoms with Crippen LogP contribution in [0.3, 0.4) is 0 Å². The molecule has 3 heteroatoms. The molecule has 0 radical (unpaired) electrons. The first kappa shape index (κ1) is 8.00. The third kappa shape index (κ3) is 1.06. The Hall–Kier alpha value is -1.35. The molecular formula is C11H13N3. The highest BCUT2D eigenvalue weighted by Crippen LogP contribution is 2.37. The molecule has 2 N–H and O–H groups in total. The molecule has 1 saturated carbocycles. The predicted molar refractivity (Wildman–Crippen MR) is 55.9 cm³/mol. The number of para-hydroxylation sites is 1. The van der Waals surface area contributed by atoms with E-state index in [-0.39, 0.29) is 0 Å². The first-order chi connectivity index (χ1) is 6.90. The average Bonchev–Trinajstić information content (AvgIpc) is 2.97. The summed E-state index contributed by atoms with van der Waals surface area (Å²) >= 11 is 0. The van der Waals surface area contributed by atoms with E-state index < -0.39 is 0 Å². The molecule has 0 unspecified atom stereocenters. The van der Waals surface area contributed by atoms with Crippen molar-refractivity contribution in [3.8, 4) is 0 Å². The van der Waals surface area contributed by atoms with E-state index in [4.69, 9.17) is 5.73 Å². The zero-order valence-electron chi connectivity index (χ0n) is 7.98. The number of nitrogens with two attached hydrogens (primary N) is 1. The normalized spacial score (nSPS) is 16.4. The lowest BCUT2D eigenvalue weighted by Gasteiger charge is -2.01. The van der Waals surface area contributed by atoms with E-state index in [1.165, 1.54) is 18.4 Å². The van der Waals surface area contributed by atoms with Crippen molar-refractivity contribution >= 4 is 11.0 Å². The predicted octanol–water partition coefficient (Wildman–Crippen LogP) is 1.83. The molecule has 0 atom stereocenters. The SMILES string of the molecule is NCc1cccc2c1ncn2C1CC1. The summed E-state index contributed by atoms with van der Waals surface area (Å²) in [5.74, 6) is 0. The fourth-order valence-electron chi connectivity index (χ4n) is 1.93. The Labute approximate surface area is 82.5 Å². The molecule has 0 spiro atoms. The van der Waals surface area contributed by atoms with Crippen molar-refractivity contribution in [2.24, 2.45) is 5.73 Å². The van der Waals surface area contributed by atoms with E-state index in [1.54, 1.807) is 0 Å². The summed E-state index contributed by atoms with van der Waals surface area (Å²) in [6.07, 6.45) is 4.53. The van der Waals surface area contributed by atoms with E-state index >= 15 is 0 Å². The Morgan fingerprint density at radius 2 is 2.29 bits per heavy atom. The van der Waals surface area contributed by atoms with Crippen LogP contribution in [0, 0.1) is 0 Å². The van der Waals surface area contributed by atoms with Crippen molar-refractivity contribution in [3.63, 3.8) is 0 Å². The van der Waals surface area contributed by atoms with Gasteiger partial charge in [0.15, 0.2) is 0 Å². The molecule has 0 amide bonds. The monoisotopic (exact) mass is 187 g/mol. The molecule has 1 aromatic heterocycles. The van der Waals surface area contributed by atoms with Gasteiger partial charge in [0, 0.05) is 12.6 Å². The van der Waals surface area contributed by atoms with E-state index in [1.807, 2.05) is 12.4 Å². The highest BCUT2D eigenvalue weighted by molar-refractivity contribution is 5.79. The zero-order chi connectivity index (χ0) is 9.54. The van der Waals surface area contributed by atoms with Crippen LogP contribution in [0.1, 0.15) is 24.4 Å². The van der Waals surface area contributed by atoms with Gasteiger partial charge >= 0.3 is 0 Å². The summed E-state index contributed by atoms with van der Waals surface area (Å²) in [4.78, 5) is 4.43. The van der Waals surface area contributed by atoms with Crippen LogP contribution in [0.2, 0.25) is 0 Å². The molecule has 72 valence electrons. The molecule has 3 nitrogen and oxygen atoms in total. The van der Waals surface area contributed by atoms with Crippen LogP contribution < -0.4 is 5.73 Å². The molecule has 1 heterocycles. The number of fused-ring (bicyclic) bond motifs is 1. The van der Waals surface area contributed by atoms with Gasteiger partial charge in [-0.1, -0.05) is 12.1 Å². The van der Waals surface area contributed by atoms with Gasteiger partial charge in [0.2, 0.25) is 0 Å². The van der Waals surface area contributed by atoms with Crippen molar-refractivity contribution < 1.29 is 0 Å². The quantitative estimate of drug-likeness (QED) is 0.779. The standard InChI is InChI=1S/C11H13N3/c12-6-8-2-1-3-10-11(8)13-7-14(10)9-4-5-9/h1-3,7,9H,4-6,12H2. The minimum absolute atomic E-state index is 0.568. The van der Waals surface area contributed by atoms with E-state index in [0.29, 0.717) is 12.6 Å². The van der Waals surface area contributed by atoms with E-state index in [9.17, 15) is 0 Å². The van der Waals surface area contributed by atoms with Gasteiger partial charge in [0.05, 0.1) is 17.4 Å². The van der Waals surface area contributed by atoms with Crippen LogP contribution in [0.15, 0.2) is 24.5 Å². The van der Waals surface area contributed by atoms with Crippen LogP contribution in [-0.4, -0.2) is 9.55 Å². The topological polar surface area (TPSA) is 43.8 Å². The van der Waals surface area contributed by atoms with E-state index in [0.717, 1.165) is 11.1 Å². The van der Waals surface area contributed by atoms with Crippen LogP contribution in [-0.2, 0) is 6.54 Å². The molecule has 0 bridgehead atoms. The van der Waals surface area contributed by atoms with Crippen molar-refractivity contribution in [1.29, 1.82) is 0 Å². The Kier molecular flexibility index (Phi) is 1.61. The molecule has 0 saturated heterocycles. The fraction of sp³-hybridized carbons (Fsp3) is 0.364. The maximum Gasteiger partial charge on any atom is 0.0961 e. The van der Waals surface area contributed by atoms with E-state index in [2.05, 4.69) is 21.7 Å². The number of hydrogen-bond donors (Lipinski definition) is 1. The minimum Gasteiger partial charge on any atom is -0.327 e. The maximum absolute atomic E-state index is 5.67. The van der Waals surface area contributed by atoms with Gasteiger partial charge in [-0.2, -0.15) is 0 Å². The summed E-state index contributed by atoms with van der Waals surface area (Å²) in [5.41, 5.74) is 9.11. The number of imidazole rings is 1. The molecule has 1 aliphatic carbocycles. The van der Waals surface area contributed by atoms with Gasteiger partial charge in [-0.15, -0.1) is 0 Å². The summed E-state index contributed by atoms with van der Waals surface area (Å²) in [6.45, 7) is 0.568. The van der Waals surface area contributed by atoms with Crippen molar-refractivity contribution in [3.05, 3.63) is 30.1 Å².